The second-order valence-electron chi connectivity index (χ2n) is 5.10. The number of benzene rings is 1. The fourth-order valence-electron chi connectivity index (χ4n) is 2.35. The first-order chi connectivity index (χ1) is 10.0. The number of carboxylic acids is 1. The van der Waals surface area contributed by atoms with Crippen molar-refractivity contribution >= 4 is 33.7 Å². The van der Waals surface area contributed by atoms with E-state index < -0.39 is 5.97 Å². The van der Waals surface area contributed by atoms with Crippen molar-refractivity contribution < 1.29 is 9.90 Å². The molecule has 0 radical (unpaired) electrons. The summed E-state index contributed by atoms with van der Waals surface area (Å²) in [5, 5.41) is 8.83. The maximum Gasteiger partial charge on any atom is 0.328 e. The van der Waals surface area contributed by atoms with Crippen LogP contribution < -0.4 is 4.90 Å². The van der Waals surface area contributed by atoms with Crippen molar-refractivity contribution in [3.05, 3.63) is 34.3 Å². The predicted octanol–water partition coefficient (Wildman–Crippen LogP) is 4.81. The SMILES string of the molecule is CCC(CC)CN(CC)c1cc(Br)ccc1C=CC(=O)O. The Bertz CT molecular complexity index is 496. The highest BCUT2D eigenvalue weighted by molar-refractivity contribution is 9.10. The van der Waals surface area contributed by atoms with Gasteiger partial charge < -0.3 is 10.0 Å². The van der Waals surface area contributed by atoms with Gasteiger partial charge in [0.05, 0.1) is 0 Å². The molecule has 0 aromatic heterocycles. The molecule has 116 valence electrons. The number of carbonyl (C=O) groups is 1. The molecule has 0 aliphatic carbocycles. The minimum atomic E-state index is -0.924. The van der Waals surface area contributed by atoms with Crippen molar-refractivity contribution in [1.82, 2.24) is 0 Å². The zero-order valence-corrected chi connectivity index (χ0v) is 14.6. The summed E-state index contributed by atoms with van der Waals surface area (Å²) in [6.07, 6.45) is 5.17. The van der Waals surface area contributed by atoms with Gasteiger partial charge in [0.25, 0.3) is 0 Å². The van der Waals surface area contributed by atoms with Crippen LogP contribution in [0.4, 0.5) is 5.69 Å². The van der Waals surface area contributed by atoms with Crippen molar-refractivity contribution in [3.8, 4) is 0 Å². The molecule has 0 aliphatic heterocycles. The van der Waals surface area contributed by atoms with Crippen LogP contribution in [0, 0.1) is 5.92 Å². The van der Waals surface area contributed by atoms with Gasteiger partial charge in [0.1, 0.15) is 0 Å². The second-order valence-corrected chi connectivity index (χ2v) is 6.01. The van der Waals surface area contributed by atoms with E-state index in [1.807, 2.05) is 12.1 Å². The van der Waals surface area contributed by atoms with Gasteiger partial charge in [-0.1, -0.05) is 48.7 Å². The van der Waals surface area contributed by atoms with Crippen molar-refractivity contribution in [1.29, 1.82) is 0 Å². The van der Waals surface area contributed by atoms with Gasteiger partial charge in [-0.15, -0.1) is 0 Å². The number of halogens is 1. The van der Waals surface area contributed by atoms with E-state index in [0.29, 0.717) is 5.92 Å². The lowest BCUT2D eigenvalue weighted by Crippen LogP contribution is -2.29. The third-order valence-corrected chi connectivity index (χ3v) is 4.25. The molecule has 1 N–H and O–H groups in total. The molecule has 0 fully saturated rings. The summed E-state index contributed by atoms with van der Waals surface area (Å²) >= 11 is 3.51. The van der Waals surface area contributed by atoms with E-state index >= 15 is 0 Å². The fraction of sp³-hybridized carbons (Fsp3) is 0.471. The summed E-state index contributed by atoms with van der Waals surface area (Å²) in [5.41, 5.74) is 2.02. The maximum absolute atomic E-state index is 10.8. The molecule has 4 heteroatoms. The van der Waals surface area contributed by atoms with Crippen LogP contribution in [0.2, 0.25) is 0 Å². The molecule has 0 saturated heterocycles. The zero-order chi connectivity index (χ0) is 15.8. The Hall–Kier alpha value is -1.29. The molecule has 0 spiro atoms. The van der Waals surface area contributed by atoms with Gasteiger partial charge in [0, 0.05) is 29.3 Å². The average Bonchev–Trinajstić information content (AvgIpc) is 2.47. The Kier molecular flexibility index (Phi) is 7.51. The van der Waals surface area contributed by atoms with Gasteiger partial charge in [-0.25, -0.2) is 4.79 Å². The molecule has 1 aromatic carbocycles. The normalized spacial score (nSPS) is 11.3. The van der Waals surface area contributed by atoms with Gasteiger partial charge in [-0.2, -0.15) is 0 Å². The summed E-state index contributed by atoms with van der Waals surface area (Å²) in [7, 11) is 0. The molecule has 1 aromatic rings. The summed E-state index contributed by atoms with van der Waals surface area (Å²) in [6.45, 7) is 8.46. The molecular weight excluding hydrogens is 330 g/mol. The Morgan fingerprint density at radius 3 is 2.52 bits per heavy atom. The van der Waals surface area contributed by atoms with Crippen LogP contribution in [-0.4, -0.2) is 24.2 Å². The molecule has 0 saturated carbocycles. The number of hydrogen-bond acceptors (Lipinski definition) is 2. The third kappa shape index (κ3) is 5.54. The molecule has 0 bridgehead atoms. The number of rotatable bonds is 8. The van der Waals surface area contributed by atoms with Crippen LogP contribution in [-0.2, 0) is 4.79 Å². The van der Waals surface area contributed by atoms with E-state index in [9.17, 15) is 4.79 Å². The molecule has 0 unspecified atom stereocenters. The standard InChI is InChI=1S/C17H24BrNO2/c1-4-13(5-2)12-19(6-3)16-11-15(18)9-7-14(16)8-10-17(20)21/h7-11,13H,4-6,12H2,1-3H3,(H,20,21). The predicted molar refractivity (Wildman–Crippen MR) is 92.8 cm³/mol. The largest absolute Gasteiger partial charge is 0.478 e. The summed E-state index contributed by atoms with van der Waals surface area (Å²) in [5.74, 6) is -0.271. The first-order valence-electron chi connectivity index (χ1n) is 7.47. The highest BCUT2D eigenvalue weighted by Crippen LogP contribution is 2.28. The molecule has 0 aliphatic rings. The van der Waals surface area contributed by atoms with Crippen molar-refractivity contribution in [2.45, 2.75) is 33.6 Å². The fourth-order valence-corrected chi connectivity index (χ4v) is 2.70. The van der Waals surface area contributed by atoms with Crippen LogP contribution >= 0.6 is 15.9 Å². The minimum Gasteiger partial charge on any atom is -0.478 e. The second kappa shape index (κ2) is 8.88. The zero-order valence-electron chi connectivity index (χ0n) is 13.0. The Morgan fingerprint density at radius 2 is 2.00 bits per heavy atom. The smallest absolute Gasteiger partial charge is 0.328 e. The molecule has 1 rings (SSSR count). The lowest BCUT2D eigenvalue weighted by atomic mass is 10.0. The topological polar surface area (TPSA) is 40.5 Å². The quantitative estimate of drug-likeness (QED) is 0.681. The van der Waals surface area contributed by atoms with Crippen LogP contribution in [0.5, 0.6) is 0 Å². The van der Waals surface area contributed by atoms with Crippen molar-refractivity contribution in [3.63, 3.8) is 0 Å². The van der Waals surface area contributed by atoms with Crippen molar-refractivity contribution in [2.24, 2.45) is 5.92 Å². The van der Waals surface area contributed by atoms with E-state index in [1.165, 1.54) is 6.08 Å². The number of hydrogen-bond donors (Lipinski definition) is 1. The van der Waals surface area contributed by atoms with Crippen LogP contribution in [0.15, 0.2) is 28.7 Å². The Labute approximate surface area is 135 Å². The van der Waals surface area contributed by atoms with Crippen LogP contribution in [0.25, 0.3) is 6.08 Å². The average molecular weight is 354 g/mol. The van der Waals surface area contributed by atoms with E-state index in [2.05, 4.69) is 47.7 Å². The van der Waals surface area contributed by atoms with Gasteiger partial charge in [0.15, 0.2) is 0 Å². The first kappa shape index (κ1) is 17.8. The lowest BCUT2D eigenvalue weighted by molar-refractivity contribution is -0.131. The minimum absolute atomic E-state index is 0.653. The number of nitrogens with zero attached hydrogens (tertiary/aromatic N) is 1. The van der Waals surface area contributed by atoms with E-state index in [0.717, 1.165) is 41.7 Å². The van der Waals surface area contributed by atoms with Gasteiger partial charge >= 0.3 is 5.97 Å². The van der Waals surface area contributed by atoms with Crippen LogP contribution in [0.3, 0.4) is 0 Å². The Balaban J connectivity index is 3.11. The summed E-state index contributed by atoms with van der Waals surface area (Å²) in [6, 6.07) is 5.96. The molecule has 0 heterocycles. The van der Waals surface area contributed by atoms with E-state index in [1.54, 1.807) is 6.08 Å². The first-order valence-corrected chi connectivity index (χ1v) is 8.26. The van der Waals surface area contributed by atoms with Crippen molar-refractivity contribution in [2.75, 3.05) is 18.0 Å². The van der Waals surface area contributed by atoms with E-state index in [-0.39, 0.29) is 0 Å². The highest BCUT2D eigenvalue weighted by atomic mass is 79.9. The van der Waals surface area contributed by atoms with E-state index in [4.69, 9.17) is 5.11 Å². The van der Waals surface area contributed by atoms with Gasteiger partial charge in [-0.05, 0) is 36.6 Å². The third-order valence-electron chi connectivity index (χ3n) is 3.75. The monoisotopic (exact) mass is 353 g/mol. The molecule has 21 heavy (non-hydrogen) atoms. The number of anilines is 1. The Morgan fingerprint density at radius 1 is 1.33 bits per heavy atom. The van der Waals surface area contributed by atoms with Crippen LogP contribution in [0.1, 0.15) is 39.2 Å². The molecule has 3 nitrogen and oxygen atoms in total. The molecular formula is C17H24BrNO2. The molecule has 0 amide bonds. The number of aliphatic carboxylic acids is 1. The summed E-state index contributed by atoms with van der Waals surface area (Å²) < 4.78 is 1.01. The molecule has 0 atom stereocenters. The van der Waals surface area contributed by atoms with Gasteiger partial charge in [0.2, 0.25) is 0 Å². The highest BCUT2D eigenvalue weighted by Gasteiger charge is 2.13. The number of carboxylic acid groups (broad SMARTS) is 1. The summed E-state index contributed by atoms with van der Waals surface area (Å²) in [4.78, 5) is 13.1. The lowest BCUT2D eigenvalue weighted by Gasteiger charge is -2.29. The maximum atomic E-state index is 10.8. The van der Waals surface area contributed by atoms with Gasteiger partial charge in [-0.3, -0.25) is 0 Å².